The first-order valence-corrected chi connectivity index (χ1v) is 9.71. The zero-order chi connectivity index (χ0) is 30.0. The van der Waals surface area contributed by atoms with E-state index in [1.807, 2.05) is 0 Å². The Morgan fingerprint density at radius 1 is 0.658 bits per heavy atom. The number of rotatable bonds is 7. The maximum absolute atomic E-state index is 15.0. The van der Waals surface area contributed by atoms with E-state index < -0.39 is 89.8 Å². The summed E-state index contributed by atoms with van der Waals surface area (Å²) in [6.07, 6.45) is 0. The normalized spacial score (nSPS) is 39.9. The van der Waals surface area contributed by atoms with E-state index in [1.165, 1.54) is 0 Å². The van der Waals surface area contributed by atoms with Crippen molar-refractivity contribution in [1.82, 2.24) is 0 Å². The van der Waals surface area contributed by atoms with E-state index in [1.54, 1.807) is 0 Å². The highest BCUT2D eigenvalue weighted by Crippen LogP contribution is 2.87. The van der Waals surface area contributed by atoms with Crippen LogP contribution in [0.3, 0.4) is 0 Å². The Kier molecular flexibility index (Phi) is 5.89. The SMILES string of the molecule is C=C(C)C(=O)OCC(=O)OCCOC12C(F)(F)C3(O)C(F)(F)C(F)(C(F)(F)C(F)(C3(F)F)C1(F)F)C2(F)F. The monoisotopic (exact) mass is 590 g/mol. The first-order valence-electron chi connectivity index (χ1n) is 9.71. The van der Waals surface area contributed by atoms with Crippen molar-refractivity contribution in [1.29, 1.82) is 0 Å². The van der Waals surface area contributed by atoms with E-state index in [9.17, 15) is 76.2 Å². The summed E-state index contributed by atoms with van der Waals surface area (Å²) < 4.78 is 217. The van der Waals surface area contributed by atoms with Crippen molar-refractivity contribution in [2.24, 2.45) is 0 Å². The minimum atomic E-state index is -7.84. The number of carbonyl (C=O) groups excluding carboxylic acids is 2. The lowest BCUT2D eigenvalue weighted by Gasteiger charge is -2.75. The number of esters is 2. The van der Waals surface area contributed by atoms with Crippen LogP contribution < -0.4 is 0 Å². The predicted octanol–water partition coefficient (Wildman–Crippen LogP) is 3.40. The van der Waals surface area contributed by atoms with Gasteiger partial charge in [-0.05, 0) is 6.92 Å². The van der Waals surface area contributed by atoms with Gasteiger partial charge in [0.05, 0.1) is 6.61 Å². The van der Waals surface area contributed by atoms with E-state index in [4.69, 9.17) is 0 Å². The maximum atomic E-state index is 15.0. The largest absolute Gasteiger partial charge is 0.461 e. The van der Waals surface area contributed by atoms with Crippen LogP contribution in [0.15, 0.2) is 12.2 Å². The second-order valence-electron chi connectivity index (χ2n) is 8.58. The molecule has 2 unspecified atom stereocenters. The maximum Gasteiger partial charge on any atom is 0.344 e. The van der Waals surface area contributed by atoms with Crippen LogP contribution in [0.4, 0.5) is 61.5 Å². The van der Waals surface area contributed by atoms with Crippen LogP contribution in [0, 0.1) is 0 Å². The van der Waals surface area contributed by atoms with E-state index in [0.717, 1.165) is 6.92 Å². The van der Waals surface area contributed by atoms with Gasteiger partial charge in [-0.15, -0.1) is 0 Å². The number of ether oxygens (including phenoxy) is 3. The lowest BCUT2D eigenvalue weighted by atomic mass is 9.39. The lowest BCUT2D eigenvalue weighted by Crippen LogP contribution is -3.10. The molecule has 0 saturated heterocycles. The molecule has 4 aliphatic carbocycles. The zero-order valence-corrected chi connectivity index (χ0v) is 18.1. The number of hydrogen-bond donors (Lipinski definition) is 1. The van der Waals surface area contributed by atoms with Gasteiger partial charge in [0.25, 0.3) is 11.2 Å². The fourth-order valence-corrected chi connectivity index (χ4v) is 4.75. The van der Waals surface area contributed by atoms with Crippen molar-refractivity contribution in [3.05, 3.63) is 12.2 Å². The van der Waals surface area contributed by atoms with Crippen LogP contribution in [-0.4, -0.2) is 94.9 Å². The number of hydrogen-bond acceptors (Lipinski definition) is 6. The molecule has 4 saturated carbocycles. The summed E-state index contributed by atoms with van der Waals surface area (Å²) in [5.41, 5.74) is -29.8. The molecule has 38 heavy (non-hydrogen) atoms. The summed E-state index contributed by atoms with van der Waals surface area (Å²) in [5.74, 6) is -48.9. The minimum Gasteiger partial charge on any atom is -0.461 e. The Hall–Kier alpha value is -2.38. The van der Waals surface area contributed by atoms with Crippen LogP contribution >= 0.6 is 0 Å². The van der Waals surface area contributed by atoms with Crippen LogP contribution in [0.5, 0.6) is 0 Å². The second kappa shape index (κ2) is 7.42. The van der Waals surface area contributed by atoms with Gasteiger partial charge in [-0.3, -0.25) is 0 Å². The van der Waals surface area contributed by atoms with Gasteiger partial charge in [-0.25, -0.2) is 18.4 Å². The average molecular weight is 590 g/mol. The molecule has 0 aromatic heterocycles. The quantitative estimate of drug-likeness (QED) is 0.212. The Bertz CT molecular complexity index is 974. The van der Waals surface area contributed by atoms with Crippen molar-refractivity contribution in [2.75, 3.05) is 19.8 Å². The van der Waals surface area contributed by atoms with Gasteiger partial charge >= 0.3 is 58.8 Å². The molecule has 0 aromatic carbocycles. The van der Waals surface area contributed by atoms with E-state index >= 15 is 0 Å². The fourth-order valence-electron chi connectivity index (χ4n) is 4.75. The molecule has 20 heteroatoms. The molecular formula is C18H12F14O6. The first kappa shape index (κ1) is 30.2. The fraction of sp³-hybridized carbons (Fsp3) is 0.778. The Balaban J connectivity index is 2.11. The molecule has 0 spiro atoms. The van der Waals surface area contributed by atoms with Crippen LogP contribution in [-0.2, 0) is 23.8 Å². The third kappa shape index (κ3) is 2.38. The summed E-state index contributed by atoms with van der Waals surface area (Å²) in [6.45, 7) is -1.28. The molecule has 1 N–H and O–H groups in total. The molecule has 4 aliphatic rings. The molecule has 218 valence electrons. The van der Waals surface area contributed by atoms with Crippen molar-refractivity contribution < 1.29 is 90.4 Å². The average Bonchev–Trinajstić information content (AvgIpc) is 2.76. The van der Waals surface area contributed by atoms with Crippen LogP contribution in [0.2, 0.25) is 0 Å². The molecule has 0 aromatic rings. The van der Waals surface area contributed by atoms with E-state index in [0.29, 0.717) is 0 Å². The second-order valence-corrected chi connectivity index (χ2v) is 8.58. The number of alkyl halides is 14. The zero-order valence-electron chi connectivity index (χ0n) is 18.1. The van der Waals surface area contributed by atoms with Gasteiger partial charge in [0, 0.05) is 5.57 Å². The van der Waals surface area contributed by atoms with E-state index in [2.05, 4.69) is 20.8 Å². The lowest BCUT2D eigenvalue weighted by molar-refractivity contribution is -0.627. The van der Waals surface area contributed by atoms with Crippen LogP contribution in [0.1, 0.15) is 6.92 Å². The smallest absolute Gasteiger partial charge is 0.344 e. The highest BCUT2D eigenvalue weighted by molar-refractivity contribution is 5.88. The molecule has 6 nitrogen and oxygen atoms in total. The Morgan fingerprint density at radius 2 is 1.08 bits per heavy atom. The van der Waals surface area contributed by atoms with Gasteiger partial charge < -0.3 is 19.3 Å². The summed E-state index contributed by atoms with van der Waals surface area (Å²) >= 11 is 0. The number of carbonyl (C=O) groups is 2. The van der Waals surface area contributed by atoms with E-state index in [-0.39, 0.29) is 5.57 Å². The summed E-state index contributed by atoms with van der Waals surface area (Å²) in [4.78, 5) is 22.5. The third-order valence-electron chi connectivity index (χ3n) is 6.62. The van der Waals surface area contributed by atoms with Crippen molar-refractivity contribution >= 4 is 11.9 Å². The Labute approximate surface area is 200 Å². The molecule has 0 aliphatic heterocycles. The molecule has 4 rings (SSSR count). The molecule has 4 bridgehead atoms. The predicted molar refractivity (Wildman–Crippen MR) is 87.7 cm³/mol. The number of halogens is 14. The molecule has 0 radical (unpaired) electrons. The highest BCUT2D eigenvalue weighted by atomic mass is 19.3. The highest BCUT2D eigenvalue weighted by Gasteiger charge is 3.22. The van der Waals surface area contributed by atoms with Gasteiger partial charge in [-0.2, -0.15) is 52.7 Å². The third-order valence-corrected chi connectivity index (χ3v) is 6.62. The van der Waals surface area contributed by atoms with Gasteiger partial charge in [0.2, 0.25) is 0 Å². The molecule has 2 atom stereocenters. The first-order chi connectivity index (χ1) is 16.7. The topological polar surface area (TPSA) is 82.1 Å². The molecule has 0 heterocycles. The molecule has 0 amide bonds. The molecular weight excluding hydrogens is 578 g/mol. The van der Waals surface area contributed by atoms with Crippen molar-refractivity contribution in [3.8, 4) is 0 Å². The van der Waals surface area contributed by atoms with Gasteiger partial charge in [-0.1, -0.05) is 6.58 Å². The minimum absolute atomic E-state index is 0.279. The van der Waals surface area contributed by atoms with Crippen molar-refractivity contribution in [2.45, 2.75) is 65.0 Å². The standard InChI is InChI=1S/C18H12F14O6/c1-6(2)8(34)37-5-7(33)36-3-4-38-12-16(27,28)9(19)13(21,22)10(20,17(12,29)30)15(25,26)11(35,14(9,23)24)18(12,31)32/h35H,1,3-5H2,2H3. The van der Waals surface area contributed by atoms with Crippen LogP contribution in [0.25, 0.3) is 0 Å². The Morgan fingerprint density at radius 3 is 1.47 bits per heavy atom. The summed E-state index contributed by atoms with van der Waals surface area (Å²) in [5, 5.41) is 9.54. The molecule has 4 fully saturated rings. The number of aliphatic hydroxyl groups is 1. The van der Waals surface area contributed by atoms with Crippen molar-refractivity contribution in [3.63, 3.8) is 0 Å². The summed E-state index contributed by atoms with van der Waals surface area (Å²) in [7, 11) is 0. The summed E-state index contributed by atoms with van der Waals surface area (Å²) in [6, 6.07) is 0. The van der Waals surface area contributed by atoms with Gasteiger partial charge in [0.1, 0.15) is 6.61 Å². The van der Waals surface area contributed by atoms with Gasteiger partial charge in [0.15, 0.2) is 6.61 Å².